The van der Waals surface area contributed by atoms with Crippen LogP contribution in [0, 0.1) is 0 Å². The summed E-state index contributed by atoms with van der Waals surface area (Å²) in [5, 5.41) is 5.73. The average Bonchev–Trinajstić information content (AvgIpc) is 3.84. The van der Waals surface area contributed by atoms with Gasteiger partial charge in [0, 0.05) is 27.8 Å². The second kappa shape index (κ2) is 13.5. The molecule has 1 aliphatic heterocycles. The van der Waals surface area contributed by atoms with Crippen molar-refractivity contribution in [2.24, 2.45) is 0 Å². The first-order valence-corrected chi connectivity index (χ1v) is 24.0. The molecule has 2 aliphatic carbocycles. The van der Waals surface area contributed by atoms with Gasteiger partial charge in [0.15, 0.2) is 8.07 Å². The number of hydrogen-bond donors (Lipinski definition) is 0. The van der Waals surface area contributed by atoms with E-state index in [1.165, 1.54) is 87.5 Å². The molecule has 1 nitrogen and oxygen atoms in total. The quantitative estimate of drug-likeness (QED) is 0.151. The molecule has 12 rings (SSSR count). The molecule has 2 heteroatoms. The largest absolute Gasteiger partial charge is 0.310 e. The van der Waals surface area contributed by atoms with E-state index in [4.69, 9.17) is 0 Å². The Kier molecular flexibility index (Phi) is 8.02. The first kappa shape index (κ1) is 36.8. The Morgan fingerprint density at radius 2 is 0.758 bits per heavy atom. The van der Waals surface area contributed by atoms with Crippen molar-refractivity contribution in [1.29, 1.82) is 0 Å². The van der Waals surface area contributed by atoms with Crippen LogP contribution in [0.1, 0.15) is 49.9 Å². The van der Waals surface area contributed by atoms with Gasteiger partial charge in [0.05, 0.1) is 5.69 Å². The van der Waals surface area contributed by atoms with E-state index >= 15 is 0 Å². The molecular weight excluding hydrogens is 763 g/mol. The Bertz CT molecular complexity index is 3110. The molecule has 296 valence electrons. The van der Waals surface area contributed by atoms with Crippen molar-refractivity contribution in [2.45, 2.75) is 38.5 Å². The molecule has 0 fully saturated rings. The fraction of sp³-hybridized carbons (Fsp3) is 0.100. The summed E-state index contributed by atoms with van der Waals surface area (Å²) in [6, 6.07) is 80.6. The number of fused-ring (bicyclic) bond motifs is 9. The van der Waals surface area contributed by atoms with Crippen molar-refractivity contribution in [3.63, 3.8) is 0 Å². The first-order chi connectivity index (χ1) is 30.3. The molecule has 62 heavy (non-hydrogen) atoms. The van der Waals surface area contributed by atoms with E-state index in [2.05, 4.69) is 245 Å². The van der Waals surface area contributed by atoms with Crippen LogP contribution in [0.2, 0.25) is 0 Å². The highest BCUT2D eigenvalue weighted by Gasteiger charge is 2.48. The monoisotopic (exact) mass is 809 g/mol. The molecule has 9 aromatic carbocycles. The van der Waals surface area contributed by atoms with E-state index in [1.807, 2.05) is 0 Å². The van der Waals surface area contributed by atoms with Gasteiger partial charge in [-0.25, -0.2) is 0 Å². The lowest BCUT2D eigenvalue weighted by molar-refractivity contribution is 0.660. The predicted molar refractivity (Wildman–Crippen MR) is 264 cm³/mol. The summed E-state index contributed by atoms with van der Waals surface area (Å²) in [7, 11) is -2.69. The van der Waals surface area contributed by atoms with Crippen LogP contribution in [0.4, 0.5) is 17.1 Å². The van der Waals surface area contributed by atoms with Crippen LogP contribution < -0.4 is 25.6 Å². The maximum absolute atomic E-state index is 2.69. The SMILES string of the molecule is CC1(C)c2ccccc2-c2ccc(N(c3ccc4c(c3)C(C)(C)c3ccccc3-4)c3ccccc3-c3cccc([Si]4(c5ccccc5)c5ccccc5-c5ccccc54)c3)cc21. The Morgan fingerprint density at radius 1 is 0.323 bits per heavy atom. The lowest BCUT2D eigenvalue weighted by Gasteiger charge is -2.32. The average molecular weight is 810 g/mol. The van der Waals surface area contributed by atoms with Crippen molar-refractivity contribution >= 4 is 45.9 Å². The Labute approximate surface area is 366 Å². The fourth-order valence-corrected chi connectivity index (χ4v) is 16.8. The second-order valence-electron chi connectivity index (χ2n) is 18.4. The number of nitrogens with zero attached hydrogens (tertiary/aromatic N) is 1. The second-order valence-corrected chi connectivity index (χ2v) is 22.2. The summed E-state index contributed by atoms with van der Waals surface area (Å²) in [4.78, 5) is 2.53. The number of para-hydroxylation sites is 1. The Balaban J connectivity index is 1.08. The zero-order valence-corrected chi connectivity index (χ0v) is 36.7. The summed E-state index contributed by atoms with van der Waals surface area (Å²) in [6.07, 6.45) is 0. The van der Waals surface area contributed by atoms with E-state index in [1.54, 1.807) is 0 Å². The third kappa shape index (κ3) is 5.08. The maximum atomic E-state index is 2.53. The Hall–Kier alpha value is -7.00. The van der Waals surface area contributed by atoms with Crippen molar-refractivity contribution < 1.29 is 0 Å². The molecule has 0 spiro atoms. The smallest absolute Gasteiger partial charge is 0.180 e. The number of rotatable bonds is 6. The molecule has 0 saturated heterocycles. The van der Waals surface area contributed by atoms with Gasteiger partial charge >= 0.3 is 0 Å². The van der Waals surface area contributed by atoms with Crippen LogP contribution in [-0.4, -0.2) is 8.07 Å². The standard InChI is InChI=1S/C60H47NSi/c1-59(2)52-28-13-8-24-46(52)48-35-33-41(38-54(48)59)61(42-34-36-49-47-25-9-14-29-53(47)60(3,4)55(49)39-42)56-30-15-10-23-45(56)40-19-18-22-44(37-40)62(43-20-6-5-7-21-43)57-31-16-11-26-50(57)51-27-12-17-32-58(51)62/h5-39H,1-4H3. The van der Waals surface area contributed by atoms with Crippen LogP contribution in [-0.2, 0) is 10.8 Å². The molecule has 0 unspecified atom stereocenters. The molecule has 0 saturated carbocycles. The lowest BCUT2D eigenvalue weighted by atomic mass is 9.82. The molecule has 0 radical (unpaired) electrons. The zero-order chi connectivity index (χ0) is 41.8. The molecule has 0 bridgehead atoms. The minimum absolute atomic E-state index is 0.132. The van der Waals surface area contributed by atoms with E-state index < -0.39 is 8.07 Å². The van der Waals surface area contributed by atoms with E-state index in [-0.39, 0.29) is 10.8 Å². The lowest BCUT2D eigenvalue weighted by Crippen LogP contribution is -2.72. The van der Waals surface area contributed by atoms with Crippen LogP contribution in [0.5, 0.6) is 0 Å². The van der Waals surface area contributed by atoms with Crippen LogP contribution in [0.3, 0.4) is 0 Å². The molecule has 0 atom stereocenters. The van der Waals surface area contributed by atoms with Gasteiger partial charge in [-0.15, -0.1) is 0 Å². The highest BCUT2D eigenvalue weighted by molar-refractivity contribution is 7.22. The highest BCUT2D eigenvalue weighted by atomic mass is 28.3. The zero-order valence-electron chi connectivity index (χ0n) is 35.7. The minimum atomic E-state index is -2.69. The summed E-state index contributed by atoms with van der Waals surface area (Å²) < 4.78 is 0. The van der Waals surface area contributed by atoms with Gasteiger partial charge in [-0.05, 0) is 112 Å². The molecular formula is C60H47NSi. The van der Waals surface area contributed by atoms with Crippen molar-refractivity contribution in [3.8, 4) is 44.5 Å². The predicted octanol–water partition coefficient (Wildman–Crippen LogP) is 12.8. The molecule has 0 amide bonds. The third-order valence-electron chi connectivity index (χ3n) is 14.6. The molecule has 3 aliphatic rings. The topological polar surface area (TPSA) is 3.24 Å². The van der Waals surface area contributed by atoms with Crippen LogP contribution in [0.15, 0.2) is 212 Å². The molecule has 0 aromatic heterocycles. The highest BCUT2D eigenvalue weighted by Crippen LogP contribution is 2.53. The van der Waals surface area contributed by atoms with E-state index in [0.29, 0.717) is 0 Å². The molecule has 9 aromatic rings. The minimum Gasteiger partial charge on any atom is -0.310 e. The van der Waals surface area contributed by atoms with E-state index in [9.17, 15) is 0 Å². The maximum Gasteiger partial charge on any atom is 0.180 e. The normalized spacial score (nSPS) is 15.2. The molecule has 1 heterocycles. The molecule has 0 N–H and O–H groups in total. The number of anilines is 3. The van der Waals surface area contributed by atoms with Gasteiger partial charge in [-0.2, -0.15) is 0 Å². The number of hydrogen-bond acceptors (Lipinski definition) is 1. The summed E-state index contributed by atoms with van der Waals surface area (Å²) >= 11 is 0. The van der Waals surface area contributed by atoms with Crippen molar-refractivity contribution in [2.75, 3.05) is 4.90 Å². The summed E-state index contributed by atoms with van der Waals surface area (Å²) in [5.74, 6) is 0. The number of benzene rings is 9. The van der Waals surface area contributed by atoms with Gasteiger partial charge in [-0.1, -0.05) is 210 Å². The van der Waals surface area contributed by atoms with Gasteiger partial charge in [-0.3, -0.25) is 0 Å². The van der Waals surface area contributed by atoms with Gasteiger partial charge in [0.1, 0.15) is 0 Å². The summed E-state index contributed by atoms with van der Waals surface area (Å²) in [6.45, 7) is 9.52. The third-order valence-corrected chi connectivity index (χ3v) is 19.4. The van der Waals surface area contributed by atoms with Gasteiger partial charge in [0.2, 0.25) is 0 Å². The van der Waals surface area contributed by atoms with Crippen LogP contribution in [0.25, 0.3) is 44.5 Å². The Morgan fingerprint density at radius 3 is 1.32 bits per heavy atom. The fourth-order valence-electron chi connectivity index (χ4n) is 11.6. The van der Waals surface area contributed by atoms with E-state index in [0.717, 1.165) is 17.1 Å². The van der Waals surface area contributed by atoms with Crippen LogP contribution >= 0.6 is 0 Å². The van der Waals surface area contributed by atoms with Crippen molar-refractivity contribution in [1.82, 2.24) is 0 Å². The van der Waals surface area contributed by atoms with Crippen molar-refractivity contribution in [3.05, 3.63) is 235 Å². The van der Waals surface area contributed by atoms with Gasteiger partial charge < -0.3 is 4.90 Å². The van der Waals surface area contributed by atoms with Gasteiger partial charge in [0.25, 0.3) is 0 Å². The summed E-state index contributed by atoms with van der Waals surface area (Å²) in [5.41, 5.74) is 19.2. The first-order valence-electron chi connectivity index (χ1n) is 22.0.